The summed E-state index contributed by atoms with van der Waals surface area (Å²) in [7, 11) is 0. The van der Waals surface area contributed by atoms with Crippen LogP contribution in [-0.2, 0) is 4.79 Å². The van der Waals surface area contributed by atoms with Crippen LogP contribution in [0.2, 0.25) is 0 Å². The third kappa shape index (κ3) is 3.24. The molecule has 84 valence electrons. The van der Waals surface area contributed by atoms with Crippen molar-refractivity contribution >= 4 is 17.7 Å². The number of rotatable bonds is 3. The Kier molecular flexibility index (Phi) is 4.09. The number of thioether (sulfide) groups is 1. The van der Waals surface area contributed by atoms with Crippen LogP contribution >= 0.6 is 11.8 Å². The second-order valence-electron chi connectivity index (χ2n) is 4.17. The molecular weight excluding hydrogens is 208 g/mol. The lowest BCUT2D eigenvalue weighted by Crippen LogP contribution is -2.43. The molecule has 0 aromatic rings. The van der Waals surface area contributed by atoms with Crippen LogP contribution in [0.1, 0.15) is 19.3 Å². The summed E-state index contributed by atoms with van der Waals surface area (Å²) >= 11 is 1.79. The molecule has 0 radical (unpaired) electrons. The first kappa shape index (κ1) is 11.0. The molecule has 0 bridgehead atoms. The van der Waals surface area contributed by atoms with Crippen molar-refractivity contribution in [3.05, 3.63) is 12.2 Å². The second-order valence-corrected chi connectivity index (χ2v) is 5.20. The minimum Gasteiger partial charge on any atom is -0.354 e. The zero-order valence-corrected chi connectivity index (χ0v) is 9.69. The van der Waals surface area contributed by atoms with E-state index in [2.05, 4.69) is 22.8 Å². The molecule has 1 aliphatic carbocycles. The van der Waals surface area contributed by atoms with Gasteiger partial charge < -0.3 is 5.32 Å². The normalized spacial score (nSPS) is 30.4. The van der Waals surface area contributed by atoms with Crippen LogP contribution in [0, 0.1) is 5.92 Å². The van der Waals surface area contributed by atoms with Gasteiger partial charge in [0.05, 0.1) is 6.04 Å². The summed E-state index contributed by atoms with van der Waals surface area (Å²) in [6.45, 7) is 0.839. The van der Waals surface area contributed by atoms with E-state index in [1.807, 2.05) is 0 Å². The van der Waals surface area contributed by atoms with Gasteiger partial charge in [0.15, 0.2) is 0 Å². The van der Waals surface area contributed by atoms with Crippen molar-refractivity contribution < 1.29 is 4.79 Å². The molecule has 1 saturated heterocycles. The van der Waals surface area contributed by atoms with Gasteiger partial charge in [-0.15, -0.1) is 11.8 Å². The van der Waals surface area contributed by atoms with E-state index in [-0.39, 0.29) is 11.9 Å². The largest absolute Gasteiger partial charge is 0.354 e. The molecule has 0 aromatic heterocycles. The van der Waals surface area contributed by atoms with Gasteiger partial charge in [-0.2, -0.15) is 0 Å². The van der Waals surface area contributed by atoms with Gasteiger partial charge in [-0.1, -0.05) is 12.2 Å². The van der Waals surface area contributed by atoms with Gasteiger partial charge in [-0.25, -0.2) is 0 Å². The van der Waals surface area contributed by atoms with Crippen LogP contribution in [0.25, 0.3) is 0 Å². The van der Waals surface area contributed by atoms with Gasteiger partial charge in [0.2, 0.25) is 5.91 Å². The van der Waals surface area contributed by atoms with Crippen molar-refractivity contribution in [3.63, 3.8) is 0 Å². The second kappa shape index (κ2) is 5.56. The molecule has 3 nitrogen and oxygen atoms in total. The van der Waals surface area contributed by atoms with Crippen LogP contribution in [-0.4, -0.2) is 30.1 Å². The summed E-state index contributed by atoms with van der Waals surface area (Å²) in [5, 5.41) is 6.23. The molecule has 0 spiro atoms. The van der Waals surface area contributed by atoms with E-state index < -0.39 is 0 Å². The van der Waals surface area contributed by atoms with Crippen LogP contribution in [0.15, 0.2) is 12.2 Å². The summed E-state index contributed by atoms with van der Waals surface area (Å²) in [6, 6.07) is 0.0362. The zero-order chi connectivity index (χ0) is 10.5. The fourth-order valence-corrected chi connectivity index (χ4v) is 2.92. The number of hydrogen-bond acceptors (Lipinski definition) is 3. The lowest BCUT2D eigenvalue weighted by atomic mass is 9.94. The summed E-state index contributed by atoms with van der Waals surface area (Å²) in [5.41, 5.74) is 0. The van der Waals surface area contributed by atoms with Gasteiger partial charge in [-0.3, -0.25) is 10.1 Å². The highest BCUT2D eigenvalue weighted by molar-refractivity contribution is 7.99. The minimum atomic E-state index is 0.0362. The Hall–Kier alpha value is -0.480. The predicted octanol–water partition coefficient (Wildman–Crippen LogP) is 1.12. The maximum atomic E-state index is 11.7. The topological polar surface area (TPSA) is 41.1 Å². The Labute approximate surface area is 95.1 Å². The van der Waals surface area contributed by atoms with Gasteiger partial charge >= 0.3 is 0 Å². The van der Waals surface area contributed by atoms with Crippen molar-refractivity contribution in [2.75, 3.05) is 18.2 Å². The van der Waals surface area contributed by atoms with E-state index in [0.717, 1.165) is 31.0 Å². The maximum absolute atomic E-state index is 11.7. The van der Waals surface area contributed by atoms with Crippen molar-refractivity contribution in [1.82, 2.24) is 10.6 Å². The Morgan fingerprint density at radius 2 is 2.47 bits per heavy atom. The van der Waals surface area contributed by atoms with Crippen molar-refractivity contribution in [2.45, 2.75) is 25.3 Å². The van der Waals surface area contributed by atoms with Crippen LogP contribution in [0.3, 0.4) is 0 Å². The Morgan fingerprint density at radius 3 is 3.13 bits per heavy atom. The van der Waals surface area contributed by atoms with Crippen molar-refractivity contribution in [1.29, 1.82) is 0 Å². The molecule has 4 heteroatoms. The molecule has 2 N–H and O–H groups in total. The first-order chi connectivity index (χ1) is 7.36. The lowest BCUT2D eigenvalue weighted by molar-refractivity contribution is -0.122. The van der Waals surface area contributed by atoms with Gasteiger partial charge in [0, 0.05) is 18.2 Å². The number of nitrogens with one attached hydrogen (secondary N) is 2. The van der Waals surface area contributed by atoms with Crippen LogP contribution in [0.5, 0.6) is 0 Å². The predicted molar refractivity (Wildman–Crippen MR) is 63.7 cm³/mol. The van der Waals surface area contributed by atoms with E-state index in [0.29, 0.717) is 5.92 Å². The molecule has 1 aliphatic heterocycles. The monoisotopic (exact) mass is 226 g/mol. The highest BCUT2D eigenvalue weighted by atomic mass is 32.2. The number of amides is 1. The first-order valence-corrected chi connectivity index (χ1v) is 6.75. The summed E-state index contributed by atoms with van der Waals surface area (Å²) in [4.78, 5) is 11.7. The highest BCUT2D eigenvalue weighted by Gasteiger charge is 2.22. The maximum Gasteiger partial charge on any atom is 0.238 e. The van der Waals surface area contributed by atoms with E-state index in [1.54, 1.807) is 11.8 Å². The molecule has 15 heavy (non-hydrogen) atoms. The summed E-state index contributed by atoms with van der Waals surface area (Å²) in [6.07, 6.45) is 7.95. The van der Waals surface area contributed by atoms with Gasteiger partial charge in [0.25, 0.3) is 0 Å². The number of hydrogen-bond donors (Lipinski definition) is 2. The molecule has 2 rings (SSSR count). The van der Waals surface area contributed by atoms with Crippen LogP contribution in [0.4, 0.5) is 0 Å². The number of carbonyl (C=O) groups excluding carboxylic acids is 1. The third-order valence-electron chi connectivity index (χ3n) is 2.98. The molecule has 0 saturated carbocycles. The SMILES string of the molecule is O=C(NCC1CC=CCC1)C1CSCN1. The Morgan fingerprint density at radius 1 is 1.53 bits per heavy atom. The average molecular weight is 226 g/mol. The van der Waals surface area contributed by atoms with Gasteiger partial charge in [0.1, 0.15) is 0 Å². The Balaban J connectivity index is 1.68. The fourth-order valence-electron chi connectivity index (χ4n) is 1.97. The molecule has 1 fully saturated rings. The molecule has 1 heterocycles. The van der Waals surface area contributed by atoms with E-state index in [4.69, 9.17) is 0 Å². The molecule has 0 aromatic carbocycles. The first-order valence-electron chi connectivity index (χ1n) is 5.60. The Bertz CT molecular complexity index is 249. The molecule has 1 amide bonds. The zero-order valence-electron chi connectivity index (χ0n) is 8.87. The van der Waals surface area contributed by atoms with Crippen LogP contribution < -0.4 is 10.6 Å². The van der Waals surface area contributed by atoms with E-state index in [9.17, 15) is 4.79 Å². The van der Waals surface area contributed by atoms with E-state index >= 15 is 0 Å². The lowest BCUT2D eigenvalue weighted by Gasteiger charge is -2.19. The summed E-state index contributed by atoms with van der Waals surface area (Å²) < 4.78 is 0. The fraction of sp³-hybridized carbons (Fsp3) is 0.727. The highest BCUT2D eigenvalue weighted by Crippen LogP contribution is 2.17. The standard InChI is InChI=1S/C11H18N2OS/c14-11(10-7-15-8-13-10)12-6-9-4-2-1-3-5-9/h1-2,9-10,13H,3-8H2,(H,12,14). The third-order valence-corrected chi connectivity index (χ3v) is 3.92. The van der Waals surface area contributed by atoms with Crippen molar-refractivity contribution in [3.8, 4) is 0 Å². The molecule has 2 unspecified atom stereocenters. The number of allylic oxidation sites excluding steroid dienone is 2. The quantitative estimate of drug-likeness (QED) is 0.709. The van der Waals surface area contributed by atoms with E-state index in [1.165, 1.54) is 6.42 Å². The minimum absolute atomic E-state index is 0.0362. The van der Waals surface area contributed by atoms with Gasteiger partial charge in [-0.05, 0) is 25.2 Å². The molecule has 2 atom stereocenters. The summed E-state index contributed by atoms with van der Waals surface area (Å²) in [5.74, 6) is 2.64. The molecule has 2 aliphatic rings. The smallest absolute Gasteiger partial charge is 0.238 e. The van der Waals surface area contributed by atoms with Crippen molar-refractivity contribution in [2.24, 2.45) is 5.92 Å². The number of carbonyl (C=O) groups is 1. The average Bonchev–Trinajstić information content (AvgIpc) is 2.81. The molecular formula is C11H18N2OS.